The van der Waals surface area contributed by atoms with E-state index in [0.717, 1.165) is 5.56 Å². The number of hydrogen-bond donors (Lipinski definition) is 1. The van der Waals surface area contributed by atoms with Crippen molar-refractivity contribution in [2.75, 3.05) is 5.32 Å². The summed E-state index contributed by atoms with van der Waals surface area (Å²) >= 11 is 0. The van der Waals surface area contributed by atoms with Crippen molar-refractivity contribution in [2.24, 2.45) is 0 Å². The third-order valence-corrected chi connectivity index (χ3v) is 4.22. The standard InChI is InChI=1S/C21H15FN2O3/c22-16-7-9-17(10-8-16)23-20(25)15-6-11-19-18(12-15)24(21(26)27-19)13-14-4-2-1-3-5-14/h1-12H,13H2,(H,23,25). The Bertz CT molecular complexity index is 1160. The van der Waals surface area contributed by atoms with Gasteiger partial charge in [-0.25, -0.2) is 9.18 Å². The van der Waals surface area contributed by atoms with Gasteiger partial charge in [0, 0.05) is 11.3 Å². The number of rotatable bonds is 4. The van der Waals surface area contributed by atoms with Gasteiger partial charge in [0.1, 0.15) is 5.82 Å². The predicted molar refractivity (Wildman–Crippen MR) is 100 cm³/mol. The van der Waals surface area contributed by atoms with Crippen LogP contribution in [0.2, 0.25) is 0 Å². The minimum Gasteiger partial charge on any atom is -0.408 e. The third kappa shape index (κ3) is 3.50. The summed E-state index contributed by atoms with van der Waals surface area (Å²) in [6.45, 7) is 0.343. The Hall–Kier alpha value is -3.67. The molecule has 5 nitrogen and oxygen atoms in total. The highest BCUT2D eigenvalue weighted by Crippen LogP contribution is 2.18. The SMILES string of the molecule is O=C(Nc1ccc(F)cc1)c1ccc2oc(=O)n(Cc3ccccc3)c2c1. The average Bonchev–Trinajstić information content (AvgIpc) is 2.99. The Kier molecular flexibility index (Phi) is 4.30. The van der Waals surface area contributed by atoms with E-state index in [-0.39, 0.29) is 11.7 Å². The van der Waals surface area contributed by atoms with E-state index in [0.29, 0.717) is 28.9 Å². The summed E-state index contributed by atoms with van der Waals surface area (Å²) in [5.41, 5.74) is 2.75. The Balaban J connectivity index is 1.66. The van der Waals surface area contributed by atoms with Crippen molar-refractivity contribution < 1.29 is 13.6 Å². The maximum absolute atomic E-state index is 13.0. The topological polar surface area (TPSA) is 64.2 Å². The fraction of sp³-hybridized carbons (Fsp3) is 0.0476. The van der Waals surface area contributed by atoms with Crippen LogP contribution in [-0.2, 0) is 6.54 Å². The van der Waals surface area contributed by atoms with Crippen LogP contribution in [0.25, 0.3) is 11.1 Å². The van der Waals surface area contributed by atoms with Crippen LogP contribution in [0.3, 0.4) is 0 Å². The molecule has 3 aromatic carbocycles. The molecule has 0 aliphatic heterocycles. The fourth-order valence-corrected chi connectivity index (χ4v) is 2.86. The lowest BCUT2D eigenvalue weighted by Gasteiger charge is -2.06. The second-order valence-electron chi connectivity index (χ2n) is 6.08. The number of carbonyl (C=O) groups is 1. The van der Waals surface area contributed by atoms with Crippen molar-refractivity contribution in [1.82, 2.24) is 4.57 Å². The van der Waals surface area contributed by atoms with Gasteiger partial charge in [-0.15, -0.1) is 0 Å². The first kappa shape index (κ1) is 16.8. The molecule has 0 atom stereocenters. The van der Waals surface area contributed by atoms with E-state index in [1.165, 1.54) is 28.8 Å². The molecule has 27 heavy (non-hydrogen) atoms. The molecule has 0 aliphatic carbocycles. The monoisotopic (exact) mass is 362 g/mol. The zero-order valence-corrected chi connectivity index (χ0v) is 14.2. The zero-order valence-electron chi connectivity index (χ0n) is 14.2. The number of fused-ring (bicyclic) bond motifs is 1. The minimum absolute atomic E-state index is 0.343. The molecule has 0 spiro atoms. The molecule has 0 unspecified atom stereocenters. The van der Waals surface area contributed by atoms with Gasteiger partial charge >= 0.3 is 5.76 Å². The Labute approximate surface area is 153 Å². The van der Waals surface area contributed by atoms with Gasteiger partial charge < -0.3 is 9.73 Å². The smallest absolute Gasteiger partial charge is 0.408 e. The number of hydrogen-bond acceptors (Lipinski definition) is 3. The normalized spacial score (nSPS) is 10.9. The van der Waals surface area contributed by atoms with Crippen LogP contribution in [0.1, 0.15) is 15.9 Å². The lowest BCUT2D eigenvalue weighted by molar-refractivity contribution is 0.102. The highest BCUT2D eigenvalue weighted by molar-refractivity contribution is 6.05. The molecule has 4 aromatic rings. The number of aromatic nitrogens is 1. The van der Waals surface area contributed by atoms with Gasteiger partial charge in [0.2, 0.25) is 0 Å². The van der Waals surface area contributed by atoms with Crippen molar-refractivity contribution in [2.45, 2.75) is 6.54 Å². The molecule has 0 saturated carbocycles. The summed E-state index contributed by atoms with van der Waals surface area (Å²) in [6, 6.07) is 19.8. The van der Waals surface area contributed by atoms with E-state index in [2.05, 4.69) is 5.32 Å². The van der Waals surface area contributed by atoms with Crippen molar-refractivity contribution in [3.05, 3.63) is 100 Å². The maximum atomic E-state index is 13.0. The van der Waals surface area contributed by atoms with Crippen molar-refractivity contribution in [3.8, 4) is 0 Å². The molecule has 0 bridgehead atoms. The van der Waals surface area contributed by atoms with E-state index >= 15 is 0 Å². The van der Waals surface area contributed by atoms with Gasteiger partial charge in [0.25, 0.3) is 5.91 Å². The number of anilines is 1. The fourth-order valence-electron chi connectivity index (χ4n) is 2.86. The Morgan fingerprint density at radius 1 is 1.00 bits per heavy atom. The molecule has 0 fully saturated rings. The molecule has 0 saturated heterocycles. The third-order valence-electron chi connectivity index (χ3n) is 4.22. The Morgan fingerprint density at radius 3 is 2.48 bits per heavy atom. The molecule has 4 rings (SSSR count). The minimum atomic E-state index is -0.482. The summed E-state index contributed by atoms with van der Waals surface area (Å²) < 4.78 is 19.7. The van der Waals surface area contributed by atoms with E-state index in [1.54, 1.807) is 18.2 Å². The molecule has 1 N–H and O–H groups in total. The van der Waals surface area contributed by atoms with Crippen LogP contribution in [0, 0.1) is 5.82 Å². The molecule has 6 heteroatoms. The lowest BCUT2D eigenvalue weighted by Crippen LogP contribution is -2.15. The van der Waals surface area contributed by atoms with Gasteiger partial charge in [-0.1, -0.05) is 30.3 Å². The predicted octanol–water partition coefficient (Wildman–Crippen LogP) is 4.03. The first-order chi connectivity index (χ1) is 13.1. The van der Waals surface area contributed by atoms with Crippen molar-refractivity contribution in [1.29, 1.82) is 0 Å². The first-order valence-corrected chi connectivity index (χ1v) is 8.34. The number of oxazole rings is 1. The van der Waals surface area contributed by atoms with Crippen LogP contribution < -0.4 is 11.1 Å². The highest BCUT2D eigenvalue weighted by atomic mass is 19.1. The maximum Gasteiger partial charge on any atom is 0.420 e. The molecular weight excluding hydrogens is 347 g/mol. The number of amides is 1. The van der Waals surface area contributed by atoms with Gasteiger partial charge in [-0.3, -0.25) is 9.36 Å². The number of carbonyl (C=O) groups excluding carboxylic acids is 1. The molecule has 0 aliphatic rings. The lowest BCUT2D eigenvalue weighted by atomic mass is 10.1. The van der Waals surface area contributed by atoms with Crippen LogP contribution in [0.4, 0.5) is 10.1 Å². The molecule has 134 valence electrons. The number of halogens is 1. The number of benzene rings is 3. The second kappa shape index (κ2) is 6.92. The number of nitrogens with one attached hydrogen (secondary N) is 1. The highest BCUT2D eigenvalue weighted by Gasteiger charge is 2.14. The van der Waals surface area contributed by atoms with Gasteiger partial charge in [-0.05, 0) is 48.0 Å². The molecular formula is C21H15FN2O3. The Morgan fingerprint density at radius 2 is 1.74 bits per heavy atom. The zero-order chi connectivity index (χ0) is 18.8. The van der Waals surface area contributed by atoms with Gasteiger partial charge in [0.15, 0.2) is 5.58 Å². The largest absolute Gasteiger partial charge is 0.420 e. The van der Waals surface area contributed by atoms with E-state index in [1.807, 2.05) is 30.3 Å². The van der Waals surface area contributed by atoms with E-state index in [4.69, 9.17) is 4.42 Å². The van der Waals surface area contributed by atoms with Crippen molar-refractivity contribution in [3.63, 3.8) is 0 Å². The van der Waals surface area contributed by atoms with Gasteiger partial charge in [-0.2, -0.15) is 0 Å². The second-order valence-corrected chi connectivity index (χ2v) is 6.08. The molecule has 0 radical (unpaired) electrons. The van der Waals surface area contributed by atoms with E-state index in [9.17, 15) is 14.0 Å². The van der Waals surface area contributed by atoms with E-state index < -0.39 is 5.76 Å². The van der Waals surface area contributed by atoms with Crippen LogP contribution in [0.15, 0.2) is 82.0 Å². The summed E-state index contributed by atoms with van der Waals surface area (Å²) in [7, 11) is 0. The molecule has 1 heterocycles. The van der Waals surface area contributed by atoms with Crippen LogP contribution in [0.5, 0.6) is 0 Å². The van der Waals surface area contributed by atoms with Crippen LogP contribution >= 0.6 is 0 Å². The quantitative estimate of drug-likeness (QED) is 0.596. The number of nitrogens with zero attached hydrogens (tertiary/aromatic N) is 1. The van der Waals surface area contributed by atoms with Gasteiger partial charge in [0.05, 0.1) is 12.1 Å². The summed E-state index contributed by atoms with van der Waals surface area (Å²) in [5.74, 6) is -1.22. The first-order valence-electron chi connectivity index (χ1n) is 8.34. The molecule has 1 aromatic heterocycles. The molecule has 1 amide bonds. The summed E-state index contributed by atoms with van der Waals surface area (Å²) in [4.78, 5) is 24.7. The summed E-state index contributed by atoms with van der Waals surface area (Å²) in [6.07, 6.45) is 0. The van der Waals surface area contributed by atoms with Crippen LogP contribution in [-0.4, -0.2) is 10.5 Å². The average molecular weight is 362 g/mol. The summed E-state index contributed by atoms with van der Waals surface area (Å²) in [5, 5.41) is 2.70. The van der Waals surface area contributed by atoms with Crippen molar-refractivity contribution >= 4 is 22.7 Å².